The molecule has 0 aromatic rings. The summed E-state index contributed by atoms with van der Waals surface area (Å²) in [6.45, 7) is 3.25. The average Bonchev–Trinajstić information content (AvgIpc) is 2.31. The first-order chi connectivity index (χ1) is 7.69. The summed E-state index contributed by atoms with van der Waals surface area (Å²) in [5.74, 6) is 0.0742. The molecule has 0 aliphatic heterocycles. The number of rotatable bonds is 9. The molecular weight excluding hydrogens is 215 g/mol. The van der Waals surface area contributed by atoms with Crippen LogP contribution in [0.15, 0.2) is 11.3 Å². The molecule has 0 radical (unpaired) electrons. The number of hydrogen-bond acceptors (Lipinski definition) is 4. The predicted octanol–water partition coefficient (Wildman–Crippen LogP) is 3.41. The van der Waals surface area contributed by atoms with Crippen LogP contribution in [0.1, 0.15) is 39.5 Å². The number of allylic oxidation sites excluding steroid dienone is 1. The van der Waals surface area contributed by atoms with Gasteiger partial charge < -0.3 is 4.89 Å². The molecule has 0 saturated heterocycles. The van der Waals surface area contributed by atoms with Gasteiger partial charge in [-0.3, -0.25) is 9.65 Å². The minimum atomic E-state index is -0.478. The van der Waals surface area contributed by atoms with Gasteiger partial charge in [0.25, 0.3) is 0 Å². The zero-order valence-electron chi connectivity index (χ0n) is 9.91. The van der Waals surface area contributed by atoms with E-state index in [1.54, 1.807) is 6.92 Å². The Labute approximate surface area is 95.5 Å². The Balaban J connectivity index is 4.55. The highest BCUT2D eigenvalue weighted by atomic mass is 19.1. The summed E-state index contributed by atoms with van der Waals surface area (Å²) >= 11 is 0. The highest BCUT2D eigenvalue weighted by molar-refractivity contribution is 5.09. The van der Waals surface area contributed by atoms with Crippen LogP contribution in [0, 0.1) is 5.92 Å². The number of hydrogen-bond donors (Lipinski definition) is 2. The number of unbranched alkanes of at least 4 members (excludes halogenated alkanes) is 1. The van der Waals surface area contributed by atoms with Crippen molar-refractivity contribution >= 4 is 0 Å². The minimum absolute atomic E-state index is 0.0189. The van der Waals surface area contributed by atoms with E-state index < -0.39 is 6.67 Å². The SMILES string of the molecule is CCCC/C(COO)=C(/CC(C)CF)OO. The Morgan fingerprint density at radius 3 is 2.50 bits per heavy atom. The van der Waals surface area contributed by atoms with Gasteiger partial charge in [-0.1, -0.05) is 20.3 Å². The van der Waals surface area contributed by atoms with E-state index in [0.717, 1.165) is 12.8 Å². The lowest BCUT2D eigenvalue weighted by Gasteiger charge is -2.13. The highest BCUT2D eigenvalue weighted by Gasteiger charge is 2.13. The van der Waals surface area contributed by atoms with Crippen LogP contribution in [0.2, 0.25) is 0 Å². The van der Waals surface area contributed by atoms with Crippen molar-refractivity contribution in [2.24, 2.45) is 5.92 Å². The van der Waals surface area contributed by atoms with Crippen LogP contribution in [-0.2, 0) is 9.78 Å². The highest BCUT2D eigenvalue weighted by Crippen LogP contribution is 2.20. The van der Waals surface area contributed by atoms with Crippen LogP contribution in [-0.4, -0.2) is 23.8 Å². The van der Waals surface area contributed by atoms with Crippen LogP contribution >= 0.6 is 0 Å². The van der Waals surface area contributed by atoms with Crippen LogP contribution < -0.4 is 0 Å². The van der Waals surface area contributed by atoms with E-state index in [4.69, 9.17) is 10.5 Å². The third kappa shape index (κ3) is 6.05. The molecule has 0 heterocycles. The van der Waals surface area contributed by atoms with Gasteiger partial charge in [0.1, 0.15) is 12.4 Å². The maximum absolute atomic E-state index is 12.3. The Bertz CT molecular complexity index is 206. The Morgan fingerprint density at radius 2 is 2.06 bits per heavy atom. The van der Waals surface area contributed by atoms with Crippen molar-refractivity contribution in [2.45, 2.75) is 39.5 Å². The van der Waals surface area contributed by atoms with Gasteiger partial charge in [-0.25, -0.2) is 10.1 Å². The van der Waals surface area contributed by atoms with Crippen molar-refractivity contribution in [3.8, 4) is 0 Å². The molecule has 0 saturated carbocycles. The van der Waals surface area contributed by atoms with E-state index in [9.17, 15) is 4.39 Å². The van der Waals surface area contributed by atoms with Gasteiger partial charge in [-0.15, -0.1) is 0 Å². The number of halogens is 1. The normalized spacial score (nSPS) is 14.6. The van der Waals surface area contributed by atoms with Gasteiger partial charge in [0.2, 0.25) is 0 Å². The van der Waals surface area contributed by atoms with E-state index in [1.165, 1.54) is 0 Å². The molecule has 1 unspecified atom stereocenters. The van der Waals surface area contributed by atoms with Crippen molar-refractivity contribution in [1.29, 1.82) is 0 Å². The fourth-order valence-corrected chi connectivity index (χ4v) is 1.38. The van der Waals surface area contributed by atoms with Crippen molar-refractivity contribution in [1.82, 2.24) is 0 Å². The summed E-state index contributed by atoms with van der Waals surface area (Å²) in [6.07, 6.45) is 2.84. The topological polar surface area (TPSA) is 58.9 Å². The molecule has 0 rings (SSSR count). The van der Waals surface area contributed by atoms with E-state index in [1.807, 2.05) is 6.92 Å². The van der Waals surface area contributed by atoms with E-state index in [-0.39, 0.29) is 12.5 Å². The largest absolute Gasteiger partial charge is 0.345 e. The van der Waals surface area contributed by atoms with Gasteiger partial charge in [0.15, 0.2) is 0 Å². The summed E-state index contributed by atoms with van der Waals surface area (Å²) in [5.41, 5.74) is 0.673. The van der Waals surface area contributed by atoms with Crippen molar-refractivity contribution in [3.05, 3.63) is 11.3 Å². The Morgan fingerprint density at radius 1 is 1.38 bits per heavy atom. The molecule has 96 valence electrons. The Kier molecular flexibility index (Phi) is 9.18. The monoisotopic (exact) mass is 236 g/mol. The van der Waals surface area contributed by atoms with Crippen molar-refractivity contribution < 1.29 is 24.7 Å². The zero-order chi connectivity index (χ0) is 12.4. The van der Waals surface area contributed by atoms with Crippen LogP contribution in [0.5, 0.6) is 0 Å². The summed E-state index contributed by atoms with van der Waals surface area (Å²) in [6, 6.07) is 0. The van der Waals surface area contributed by atoms with Crippen LogP contribution in [0.4, 0.5) is 4.39 Å². The molecule has 16 heavy (non-hydrogen) atoms. The molecule has 0 amide bonds. The first kappa shape index (κ1) is 15.3. The van der Waals surface area contributed by atoms with Gasteiger partial charge in [0.05, 0.1) is 6.67 Å². The van der Waals surface area contributed by atoms with Crippen molar-refractivity contribution in [2.75, 3.05) is 13.3 Å². The summed E-state index contributed by atoms with van der Waals surface area (Å²) in [5, 5.41) is 17.2. The minimum Gasteiger partial charge on any atom is -0.345 e. The molecule has 0 bridgehead atoms. The molecule has 5 heteroatoms. The standard InChI is InChI=1S/C11H21FO4/c1-3-4-5-10(8-15-13)11(16-14)6-9(2)7-12/h9,13-14H,3-8H2,1-2H3/b11-10+. The third-order valence-corrected chi connectivity index (χ3v) is 2.37. The summed E-state index contributed by atoms with van der Waals surface area (Å²) in [4.78, 5) is 8.31. The molecule has 0 aliphatic carbocycles. The first-order valence-electron chi connectivity index (χ1n) is 5.54. The first-order valence-corrected chi connectivity index (χ1v) is 5.54. The van der Waals surface area contributed by atoms with E-state index in [2.05, 4.69) is 9.78 Å². The fourth-order valence-electron chi connectivity index (χ4n) is 1.38. The molecule has 1 atom stereocenters. The van der Waals surface area contributed by atoms with E-state index in [0.29, 0.717) is 24.2 Å². The summed E-state index contributed by atoms with van der Waals surface area (Å²) in [7, 11) is 0. The second-order valence-electron chi connectivity index (χ2n) is 3.96. The molecule has 0 aliphatic rings. The average molecular weight is 236 g/mol. The van der Waals surface area contributed by atoms with Crippen LogP contribution in [0.25, 0.3) is 0 Å². The molecule has 4 nitrogen and oxygen atoms in total. The van der Waals surface area contributed by atoms with E-state index >= 15 is 0 Å². The lowest BCUT2D eigenvalue weighted by atomic mass is 10.0. The Hall–Kier alpha value is -0.650. The van der Waals surface area contributed by atoms with Crippen molar-refractivity contribution in [3.63, 3.8) is 0 Å². The second-order valence-corrected chi connectivity index (χ2v) is 3.96. The lowest BCUT2D eigenvalue weighted by Crippen LogP contribution is -2.07. The third-order valence-electron chi connectivity index (χ3n) is 2.37. The van der Waals surface area contributed by atoms with Gasteiger partial charge in [0, 0.05) is 12.0 Å². The smallest absolute Gasteiger partial charge is 0.144 e. The quantitative estimate of drug-likeness (QED) is 0.366. The van der Waals surface area contributed by atoms with Gasteiger partial charge in [-0.05, 0) is 18.8 Å². The molecule has 0 aromatic carbocycles. The molecule has 0 spiro atoms. The molecular formula is C11H21FO4. The zero-order valence-corrected chi connectivity index (χ0v) is 9.91. The molecule has 0 aromatic heterocycles. The predicted molar refractivity (Wildman–Crippen MR) is 58.6 cm³/mol. The molecule has 2 N–H and O–H groups in total. The summed E-state index contributed by atoms with van der Waals surface area (Å²) < 4.78 is 12.3. The maximum atomic E-state index is 12.3. The van der Waals surface area contributed by atoms with Gasteiger partial charge >= 0.3 is 0 Å². The molecule has 0 fully saturated rings. The van der Waals surface area contributed by atoms with Crippen LogP contribution in [0.3, 0.4) is 0 Å². The second kappa shape index (κ2) is 9.57. The maximum Gasteiger partial charge on any atom is 0.144 e. The lowest BCUT2D eigenvalue weighted by molar-refractivity contribution is -0.239. The number of alkyl halides is 1. The van der Waals surface area contributed by atoms with Gasteiger partial charge in [-0.2, -0.15) is 0 Å². The fraction of sp³-hybridized carbons (Fsp3) is 0.818.